The molecule has 0 saturated carbocycles. The molecule has 6 atom stereocenters. The largest absolute Gasteiger partial charge is 0.462 e. The van der Waals surface area contributed by atoms with Crippen LogP contribution in [0.1, 0.15) is 155 Å². The minimum absolute atomic E-state index is 0.112. The van der Waals surface area contributed by atoms with Crippen molar-refractivity contribution < 1.29 is 56.8 Å². The summed E-state index contributed by atoms with van der Waals surface area (Å²) in [6.07, 6.45) is 28.8. The van der Waals surface area contributed by atoms with Crippen LogP contribution in [-0.2, 0) is 38.7 Å². The van der Waals surface area contributed by atoms with E-state index >= 15 is 0 Å². The summed E-state index contributed by atoms with van der Waals surface area (Å²) in [5.74, 6) is -2.04. The van der Waals surface area contributed by atoms with Crippen LogP contribution in [0.15, 0.2) is 48.6 Å². The van der Waals surface area contributed by atoms with Gasteiger partial charge in [-0.25, -0.2) is 0 Å². The second-order valence-corrected chi connectivity index (χ2v) is 16.1. The molecule has 1 aliphatic heterocycles. The number of allylic oxidation sites excluding steroid dienone is 8. The van der Waals surface area contributed by atoms with E-state index in [0.717, 1.165) is 57.8 Å². The van der Waals surface area contributed by atoms with Crippen LogP contribution in [0.5, 0.6) is 0 Å². The van der Waals surface area contributed by atoms with Gasteiger partial charge in [-0.05, 0) is 51.4 Å². The Hall–Kier alpha value is -2.39. The molecule has 0 aliphatic carbocycles. The summed E-state index contributed by atoms with van der Waals surface area (Å²) in [7, 11) is -4.61. The minimum atomic E-state index is -4.61. The molecule has 1 rings (SSSR count). The number of aliphatic hydroxyl groups excluding tert-OH is 3. The Morgan fingerprint density at radius 1 is 0.625 bits per heavy atom. The summed E-state index contributed by atoms with van der Waals surface area (Å²) in [5, 5.41) is 30.8. The summed E-state index contributed by atoms with van der Waals surface area (Å²) in [5.41, 5.74) is 0. The average Bonchev–Trinajstić information content (AvgIpc) is 3.16. The Labute approximate surface area is 337 Å². The van der Waals surface area contributed by atoms with Crippen LogP contribution < -0.4 is 0 Å². The van der Waals surface area contributed by atoms with E-state index in [1.54, 1.807) is 0 Å². The van der Waals surface area contributed by atoms with Crippen LogP contribution in [0, 0.1) is 0 Å². The zero-order chi connectivity index (χ0) is 41.3. The van der Waals surface area contributed by atoms with Gasteiger partial charge in [-0.2, -0.15) is 8.42 Å². The Morgan fingerprint density at radius 3 is 1.68 bits per heavy atom. The number of ether oxygens (including phenoxy) is 4. The third kappa shape index (κ3) is 28.1. The first-order valence-electron chi connectivity index (χ1n) is 21.2. The molecule has 324 valence electrons. The fraction of sp³-hybridized carbons (Fsp3) is 0.767. The lowest BCUT2D eigenvalue weighted by Gasteiger charge is -2.40. The molecular formula is C43H74O12S. The van der Waals surface area contributed by atoms with Crippen LogP contribution in [-0.4, -0.2) is 96.0 Å². The number of esters is 2. The van der Waals surface area contributed by atoms with Crippen molar-refractivity contribution in [2.24, 2.45) is 0 Å². The Bertz CT molecular complexity index is 1230. The van der Waals surface area contributed by atoms with Crippen molar-refractivity contribution in [3.63, 3.8) is 0 Å². The molecule has 0 aromatic carbocycles. The van der Waals surface area contributed by atoms with E-state index in [1.807, 2.05) is 0 Å². The molecule has 0 radical (unpaired) electrons. The van der Waals surface area contributed by atoms with Crippen LogP contribution in [0.3, 0.4) is 0 Å². The molecule has 13 heteroatoms. The van der Waals surface area contributed by atoms with Gasteiger partial charge in [0.2, 0.25) is 0 Å². The molecule has 0 amide bonds. The van der Waals surface area contributed by atoms with Crippen molar-refractivity contribution in [2.45, 2.75) is 192 Å². The molecule has 1 fully saturated rings. The van der Waals surface area contributed by atoms with E-state index in [4.69, 9.17) is 18.9 Å². The van der Waals surface area contributed by atoms with E-state index in [9.17, 15) is 37.9 Å². The lowest BCUT2D eigenvalue weighted by atomic mass is 10.00. The van der Waals surface area contributed by atoms with Crippen molar-refractivity contribution >= 4 is 22.1 Å². The average molecular weight is 815 g/mol. The number of aliphatic hydroxyl groups is 3. The molecule has 1 heterocycles. The van der Waals surface area contributed by atoms with Crippen molar-refractivity contribution in [3.8, 4) is 0 Å². The third-order valence-corrected chi connectivity index (χ3v) is 10.2. The lowest BCUT2D eigenvalue weighted by molar-refractivity contribution is -0.297. The zero-order valence-electron chi connectivity index (χ0n) is 34.2. The lowest BCUT2D eigenvalue weighted by Crippen LogP contribution is -2.60. The maximum Gasteiger partial charge on any atom is 0.306 e. The molecule has 1 aliphatic rings. The number of unbranched alkanes of at least 4 members (excludes halogenated alkanes) is 14. The molecule has 0 aromatic rings. The highest BCUT2D eigenvalue weighted by molar-refractivity contribution is 7.85. The SMILES string of the molecule is CC/C=C\C/C=C\C/C=C\C/C=C\CCCCC(=O)OC(COC(=O)CCCCCCCCCCCCCCC)COC1OC(CS(=O)(=O)O)C(O)C(O)C1O. The topological polar surface area (TPSA) is 186 Å². The van der Waals surface area contributed by atoms with Crippen LogP contribution in [0.4, 0.5) is 0 Å². The minimum Gasteiger partial charge on any atom is -0.462 e. The van der Waals surface area contributed by atoms with Gasteiger partial charge in [0.25, 0.3) is 10.1 Å². The third-order valence-electron chi connectivity index (χ3n) is 9.42. The van der Waals surface area contributed by atoms with Gasteiger partial charge in [0.1, 0.15) is 36.8 Å². The van der Waals surface area contributed by atoms with Crippen LogP contribution in [0.2, 0.25) is 0 Å². The predicted molar refractivity (Wildman–Crippen MR) is 219 cm³/mol. The zero-order valence-corrected chi connectivity index (χ0v) is 35.0. The Morgan fingerprint density at radius 2 is 1.12 bits per heavy atom. The molecular weight excluding hydrogens is 741 g/mol. The van der Waals surface area contributed by atoms with Gasteiger partial charge < -0.3 is 34.3 Å². The van der Waals surface area contributed by atoms with Crippen LogP contribution >= 0.6 is 0 Å². The summed E-state index contributed by atoms with van der Waals surface area (Å²) < 4.78 is 53.9. The van der Waals surface area contributed by atoms with Crippen molar-refractivity contribution in [3.05, 3.63) is 48.6 Å². The van der Waals surface area contributed by atoms with E-state index in [0.29, 0.717) is 12.8 Å². The second-order valence-electron chi connectivity index (χ2n) is 14.6. The van der Waals surface area contributed by atoms with Gasteiger partial charge in [0.05, 0.1) is 6.61 Å². The van der Waals surface area contributed by atoms with E-state index < -0.39 is 71.2 Å². The maximum atomic E-state index is 12.8. The fourth-order valence-electron chi connectivity index (χ4n) is 6.14. The number of rotatable bonds is 34. The van der Waals surface area contributed by atoms with E-state index in [1.165, 1.54) is 57.8 Å². The summed E-state index contributed by atoms with van der Waals surface area (Å²) in [6.45, 7) is 3.59. The Balaban J connectivity index is 2.52. The second kappa shape index (κ2) is 33.6. The van der Waals surface area contributed by atoms with Crippen molar-refractivity contribution in [1.29, 1.82) is 0 Å². The molecule has 0 bridgehead atoms. The van der Waals surface area contributed by atoms with Gasteiger partial charge in [-0.1, -0.05) is 140 Å². The monoisotopic (exact) mass is 814 g/mol. The normalized spacial score (nSPS) is 21.1. The molecule has 1 saturated heterocycles. The number of carbonyl (C=O) groups is 2. The first-order valence-corrected chi connectivity index (χ1v) is 22.8. The highest BCUT2D eigenvalue weighted by Crippen LogP contribution is 2.24. The fourth-order valence-corrected chi connectivity index (χ4v) is 6.83. The first-order chi connectivity index (χ1) is 27.0. The highest BCUT2D eigenvalue weighted by Gasteiger charge is 2.46. The summed E-state index contributed by atoms with van der Waals surface area (Å²) in [4.78, 5) is 25.3. The number of carbonyl (C=O) groups excluding carboxylic acids is 2. The van der Waals surface area contributed by atoms with Gasteiger partial charge >= 0.3 is 11.9 Å². The number of hydrogen-bond acceptors (Lipinski definition) is 11. The quantitative estimate of drug-likeness (QED) is 0.0213. The maximum absolute atomic E-state index is 12.8. The smallest absolute Gasteiger partial charge is 0.306 e. The summed E-state index contributed by atoms with van der Waals surface area (Å²) in [6, 6.07) is 0. The predicted octanol–water partition coefficient (Wildman–Crippen LogP) is 8.00. The van der Waals surface area contributed by atoms with Crippen LogP contribution in [0.25, 0.3) is 0 Å². The van der Waals surface area contributed by atoms with Gasteiger partial charge in [0, 0.05) is 12.8 Å². The highest BCUT2D eigenvalue weighted by atomic mass is 32.2. The van der Waals surface area contributed by atoms with Gasteiger partial charge in [-0.3, -0.25) is 14.1 Å². The van der Waals surface area contributed by atoms with Crippen molar-refractivity contribution in [1.82, 2.24) is 0 Å². The molecule has 6 unspecified atom stereocenters. The molecule has 0 aromatic heterocycles. The molecule has 12 nitrogen and oxygen atoms in total. The standard InChI is InChI=1S/C43H74O12S/c1-3-5-7-9-11-13-15-17-18-20-22-24-26-28-30-32-39(45)54-36(34-53-43-42(48)41(47)40(46)37(55-43)35-56(49,50)51)33-52-38(44)31-29-27-25-23-21-19-16-14-12-10-8-6-4-2/h5,7,11,13,17-18,22,24,36-37,40-43,46-48H,3-4,6,8-10,12,14-16,19-21,23,25-35H2,1-2H3,(H,49,50,51)/b7-5-,13-11-,18-17-,24-22-. The molecule has 56 heavy (non-hydrogen) atoms. The Kier molecular flexibility index (Phi) is 30.9. The number of hydrogen-bond donors (Lipinski definition) is 4. The van der Waals surface area contributed by atoms with E-state index in [-0.39, 0.29) is 19.4 Å². The van der Waals surface area contributed by atoms with Gasteiger partial charge in [-0.15, -0.1) is 0 Å². The first kappa shape index (κ1) is 51.6. The molecule has 0 spiro atoms. The molecule has 4 N–H and O–H groups in total. The van der Waals surface area contributed by atoms with Crippen molar-refractivity contribution in [2.75, 3.05) is 19.0 Å². The van der Waals surface area contributed by atoms with Gasteiger partial charge in [0.15, 0.2) is 12.4 Å². The summed E-state index contributed by atoms with van der Waals surface area (Å²) >= 11 is 0. The van der Waals surface area contributed by atoms with E-state index in [2.05, 4.69) is 62.5 Å².